The highest BCUT2D eigenvalue weighted by atomic mass is 127. The average Bonchev–Trinajstić information content (AvgIpc) is 2.66. The Morgan fingerprint density at radius 1 is 1.11 bits per heavy atom. The molecular formula is C21H38IN3O3. The number of hydrogen-bond acceptors (Lipinski definition) is 4. The monoisotopic (exact) mass is 507 g/mol. The van der Waals surface area contributed by atoms with Crippen LogP contribution in [0.4, 0.5) is 0 Å². The van der Waals surface area contributed by atoms with E-state index in [9.17, 15) is 5.11 Å². The summed E-state index contributed by atoms with van der Waals surface area (Å²) >= 11 is 0. The Morgan fingerprint density at radius 3 is 2.46 bits per heavy atom. The second kappa shape index (κ2) is 17.0. The van der Waals surface area contributed by atoms with Crippen LogP contribution in [0, 0.1) is 5.92 Å². The summed E-state index contributed by atoms with van der Waals surface area (Å²) in [5.74, 6) is 1.17. The number of aliphatic hydroxyl groups excluding tert-OH is 1. The van der Waals surface area contributed by atoms with Crippen molar-refractivity contribution in [3.05, 3.63) is 35.9 Å². The lowest BCUT2D eigenvalue weighted by Crippen LogP contribution is -2.39. The second-order valence-corrected chi connectivity index (χ2v) is 7.01. The first-order valence-electron chi connectivity index (χ1n) is 9.97. The average molecular weight is 507 g/mol. The number of nitrogens with zero attached hydrogens (tertiary/aromatic N) is 1. The van der Waals surface area contributed by atoms with Gasteiger partial charge in [0.15, 0.2) is 5.96 Å². The number of halogens is 1. The standard InChI is InChI=1S/C21H37N3O3.HI/c1-5-22-21(24-14-20(25)16-26-15-17(2)3)23-12-9-13-27-18(4)19-10-7-6-8-11-19;/h6-8,10-11,17-18,20,25H,5,9,12-16H2,1-4H3,(H2,22,23,24);1H. The predicted octanol–water partition coefficient (Wildman–Crippen LogP) is 3.36. The lowest BCUT2D eigenvalue weighted by Gasteiger charge is -2.15. The molecule has 0 radical (unpaired) electrons. The van der Waals surface area contributed by atoms with Gasteiger partial charge >= 0.3 is 0 Å². The maximum absolute atomic E-state index is 9.95. The molecule has 162 valence electrons. The van der Waals surface area contributed by atoms with E-state index in [2.05, 4.69) is 48.5 Å². The SMILES string of the molecule is CCNC(=NCC(O)COCC(C)C)NCCCOC(C)c1ccccc1.I. The van der Waals surface area contributed by atoms with Crippen molar-refractivity contribution in [2.45, 2.75) is 46.3 Å². The Balaban J connectivity index is 0.00000729. The van der Waals surface area contributed by atoms with E-state index in [1.165, 1.54) is 5.56 Å². The van der Waals surface area contributed by atoms with Crippen LogP contribution in [0.5, 0.6) is 0 Å². The van der Waals surface area contributed by atoms with E-state index in [0.29, 0.717) is 38.2 Å². The van der Waals surface area contributed by atoms with Gasteiger partial charge in [0.1, 0.15) is 0 Å². The van der Waals surface area contributed by atoms with Gasteiger partial charge in [-0.05, 0) is 31.7 Å². The summed E-state index contributed by atoms with van der Waals surface area (Å²) in [6, 6.07) is 10.2. The third-order valence-corrected chi connectivity index (χ3v) is 3.82. The molecule has 2 atom stereocenters. The third kappa shape index (κ3) is 13.3. The second-order valence-electron chi connectivity index (χ2n) is 7.01. The molecule has 0 fully saturated rings. The Morgan fingerprint density at radius 2 is 1.82 bits per heavy atom. The third-order valence-electron chi connectivity index (χ3n) is 3.82. The van der Waals surface area contributed by atoms with Gasteiger partial charge in [-0.25, -0.2) is 0 Å². The number of guanidine groups is 1. The van der Waals surface area contributed by atoms with Crippen LogP contribution >= 0.6 is 24.0 Å². The number of rotatable bonds is 13. The molecule has 1 rings (SSSR count). The largest absolute Gasteiger partial charge is 0.389 e. The molecule has 1 aromatic carbocycles. The Kier molecular flexibility index (Phi) is 16.5. The molecular weight excluding hydrogens is 469 g/mol. The Bertz CT molecular complexity index is 515. The maximum atomic E-state index is 9.95. The molecule has 28 heavy (non-hydrogen) atoms. The van der Waals surface area contributed by atoms with Gasteiger partial charge in [0, 0.05) is 26.3 Å². The molecule has 0 aliphatic rings. The van der Waals surface area contributed by atoms with Crippen molar-refractivity contribution in [3.63, 3.8) is 0 Å². The molecule has 6 nitrogen and oxygen atoms in total. The van der Waals surface area contributed by atoms with Gasteiger partial charge in [0.25, 0.3) is 0 Å². The number of nitrogens with one attached hydrogen (secondary N) is 2. The van der Waals surface area contributed by atoms with Crippen molar-refractivity contribution in [2.24, 2.45) is 10.9 Å². The van der Waals surface area contributed by atoms with Gasteiger partial charge in [-0.1, -0.05) is 44.2 Å². The lowest BCUT2D eigenvalue weighted by molar-refractivity contribution is 0.0301. The number of ether oxygens (including phenoxy) is 2. The van der Waals surface area contributed by atoms with Crippen LogP contribution in [0.3, 0.4) is 0 Å². The van der Waals surface area contributed by atoms with Crippen molar-refractivity contribution in [3.8, 4) is 0 Å². The van der Waals surface area contributed by atoms with Crippen molar-refractivity contribution < 1.29 is 14.6 Å². The van der Waals surface area contributed by atoms with Crippen molar-refractivity contribution in [1.29, 1.82) is 0 Å². The lowest BCUT2D eigenvalue weighted by atomic mass is 10.1. The fourth-order valence-electron chi connectivity index (χ4n) is 2.39. The van der Waals surface area contributed by atoms with Crippen LogP contribution < -0.4 is 10.6 Å². The summed E-state index contributed by atoms with van der Waals surface area (Å²) in [4.78, 5) is 4.42. The zero-order valence-electron chi connectivity index (χ0n) is 17.7. The molecule has 7 heteroatoms. The summed E-state index contributed by atoms with van der Waals surface area (Å²) in [7, 11) is 0. The van der Waals surface area contributed by atoms with E-state index >= 15 is 0 Å². The van der Waals surface area contributed by atoms with E-state index in [4.69, 9.17) is 9.47 Å². The molecule has 0 heterocycles. The molecule has 0 aliphatic carbocycles. The molecule has 0 amide bonds. The van der Waals surface area contributed by atoms with Crippen molar-refractivity contribution in [1.82, 2.24) is 10.6 Å². The summed E-state index contributed by atoms with van der Waals surface area (Å²) in [5.41, 5.74) is 1.19. The fraction of sp³-hybridized carbons (Fsp3) is 0.667. The van der Waals surface area contributed by atoms with Crippen molar-refractivity contribution in [2.75, 3.05) is 39.5 Å². The summed E-state index contributed by atoms with van der Waals surface area (Å²) in [6.07, 6.45) is 0.380. The quantitative estimate of drug-likeness (QED) is 0.165. The van der Waals surface area contributed by atoms with Gasteiger partial charge in [-0.15, -0.1) is 24.0 Å². The molecule has 0 saturated carbocycles. The number of aliphatic hydroxyl groups is 1. The fourth-order valence-corrected chi connectivity index (χ4v) is 2.39. The highest BCUT2D eigenvalue weighted by Crippen LogP contribution is 2.15. The Labute approximate surface area is 187 Å². The van der Waals surface area contributed by atoms with Crippen molar-refractivity contribution >= 4 is 29.9 Å². The summed E-state index contributed by atoms with van der Waals surface area (Å²) in [5, 5.41) is 16.4. The minimum atomic E-state index is -0.589. The van der Waals surface area contributed by atoms with E-state index in [0.717, 1.165) is 19.5 Å². The van der Waals surface area contributed by atoms with Gasteiger partial charge in [0.05, 0.1) is 25.4 Å². The number of hydrogen-bond donors (Lipinski definition) is 3. The highest BCUT2D eigenvalue weighted by Gasteiger charge is 2.06. The van der Waals surface area contributed by atoms with Gasteiger partial charge in [-0.2, -0.15) is 0 Å². The van der Waals surface area contributed by atoms with Crippen LogP contribution in [0.25, 0.3) is 0 Å². The van der Waals surface area contributed by atoms with Crippen LogP contribution in [0.2, 0.25) is 0 Å². The first-order valence-corrected chi connectivity index (χ1v) is 9.97. The first-order chi connectivity index (χ1) is 13.0. The molecule has 3 N–H and O–H groups in total. The highest BCUT2D eigenvalue weighted by molar-refractivity contribution is 14.0. The Hall–Kier alpha value is -0.900. The van der Waals surface area contributed by atoms with E-state index in [1.807, 2.05) is 25.1 Å². The zero-order valence-corrected chi connectivity index (χ0v) is 20.0. The van der Waals surface area contributed by atoms with Crippen LogP contribution in [-0.4, -0.2) is 56.6 Å². The van der Waals surface area contributed by atoms with E-state index in [1.54, 1.807) is 0 Å². The maximum Gasteiger partial charge on any atom is 0.191 e. The van der Waals surface area contributed by atoms with Crippen LogP contribution in [0.15, 0.2) is 35.3 Å². The minimum Gasteiger partial charge on any atom is -0.389 e. The summed E-state index contributed by atoms with van der Waals surface area (Å²) in [6.45, 7) is 11.7. The van der Waals surface area contributed by atoms with Gasteiger partial charge in [-0.3, -0.25) is 4.99 Å². The summed E-state index contributed by atoms with van der Waals surface area (Å²) < 4.78 is 11.3. The van der Waals surface area contributed by atoms with E-state index < -0.39 is 6.10 Å². The smallest absolute Gasteiger partial charge is 0.191 e. The molecule has 0 aromatic heterocycles. The zero-order chi connectivity index (χ0) is 19.9. The molecule has 0 saturated heterocycles. The van der Waals surface area contributed by atoms with E-state index in [-0.39, 0.29) is 30.1 Å². The van der Waals surface area contributed by atoms with Crippen LogP contribution in [0.1, 0.15) is 45.8 Å². The van der Waals surface area contributed by atoms with Gasteiger partial charge < -0.3 is 25.2 Å². The predicted molar refractivity (Wildman–Crippen MR) is 126 cm³/mol. The molecule has 0 aliphatic heterocycles. The van der Waals surface area contributed by atoms with Gasteiger partial charge in [0.2, 0.25) is 0 Å². The first kappa shape index (κ1) is 27.1. The minimum absolute atomic E-state index is 0. The number of aliphatic imine (C=N–C) groups is 1. The molecule has 0 spiro atoms. The normalized spacial score (nSPS) is 13.7. The molecule has 1 aromatic rings. The molecule has 2 unspecified atom stereocenters. The number of benzene rings is 1. The molecule has 0 bridgehead atoms. The van der Waals surface area contributed by atoms with Crippen LogP contribution in [-0.2, 0) is 9.47 Å². The topological polar surface area (TPSA) is 75.1 Å².